The number of carbonyl (C=O) groups excluding carboxylic acids is 1. The van der Waals surface area contributed by atoms with Gasteiger partial charge < -0.3 is 9.80 Å². The number of hydrogen-bond acceptors (Lipinski definition) is 5. The molecule has 0 unspecified atom stereocenters. The zero-order valence-corrected chi connectivity index (χ0v) is 19.4. The molecule has 0 radical (unpaired) electrons. The summed E-state index contributed by atoms with van der Waals surface area (Å²) in [4.78, 5) is 21.8. The van der Waals surface area contributed by atoms with Gasteiger partial charge in [-0.15, -0.1) is 0 Å². The molecule has 0 N–H and O–H groups in total. The van der Waals surface area contributed by atoms with Crippen LogP contribution >= 0.6 is 23.1 Å². The predicted octanol–water partition coefficient (Wildman–Crippen LogP) is 5.28. The summed E-state index contributed by atoms with van der Waals surface area (Å²) in [5.74, 6) is 2.35. The Bertz CT molecular complexity index is 994. The highest BCUT2D eigenvalue weighted by atomic mass is 32.2. The minimum absolute atomic E-state index is 0.297. The Morgan fingerprint density at radius 2 is 1.87 bits per heavy atom. The number of aryl methyl sites for hydroxylation is 2. The SMILES string of the molecule is Cc1cc(C)c2sc(N3CCN(C(=O)CCCSCc4ccccc4)CC3)nc2c1. The van der Waals surface area contributed by atoms with Crippen LogP contribution in [0.4, 0.5) is 5.13 Å². The van der Waals surface area contributed by atoms with Crippen molar-refractivity contribution in [3.05, 3.63) is 59.2 Å². The van der Waals surface area contributed by atoms with Gasteiger partial charge in [-0.1, -0.05) is 47.7 Å². The van der Waals surface area contributed by atoms with Gasteiger partial charge in [-0.05, 0) is 48.8 Å². The number of thiazole rings is 1. The first-order valence-corrected chi connectivity index (χ1v) is 12.6. The molecule has 0 bridgehead atoms. The fourth-order valence-corrected chi connectivity index (χ4v) is 5.88. The number of benzene rings is 2. The molecule has 4 rings (SSSR count). The van der Waals surface area contributed by atoms with Gasteiger partial charge >= 0.3 is 0 Å². The van der Waals surface area contributed by atoms with E-state index in [1.807, 2.05) is 22.7 Å². The molecule has 30 heavy (non-hydrogen) atoms. The Morgan fingerprint density at radius 1 is 1.10 bits per heavy atom. The maximum Gasteiger partial charge on any atom is 0.222 e. The summed E-state index contributed by atoms with van der Waals surface area (Å²) < 4.78 is 1.28. The zero-order chi connectivity index (χ0) is 20.9. The van der Waals surface area contributed by atoms with Crippen molar-refractivity contribution in [2.24, 2.45) is 0 Å². The van der Waals surface area contributed by atoms with E-state index >= 15 is 0 Å². The van der Waals surface area contributed by atoms with Crippen LogP contribution in [0, 0.1) is 13.8 Å². The Hall–Kier alpha value is -2.05. The van der Waals surface area contributed by atoms with Crippen LogP contribution in [0.1, 0.15) is 29.5 Å². The third kappa shape index (κ3) is 5.16. The number of fused-ring (bicyclic) bond motifs is 1. The van der Waals surface area contributed by atoms with Crippen molar-refractivity contribution in [2.45, 2.75) is 32.4 Å². The van der Waals surface area contributed by atoms with E-state index in [1.54, 1.807) is 11.3 Å². The number of amides is 1. The molecule has 3 aromatic rings. The van der Waals surface area contributed by atoms with Crippen molar-refractivity contribution in [1.82, 2.24) is 9.88 Å². The van der Waals surface area contributed by atoms with Crippen LogP contribution < -0.4 is 4.90 Å². The lowest BCUT2D eigenvalue weighted by Crippen LogP contribution is -2.48. The molecule has 0 aliphatic carbocycles. The van der Waals surface area contributed by atoms with E-state index in [9.17, 15) is 4.79 Å². The Labute approximate surface area is 187 Å². The van der Waals surface area contributed by atoms with Crippen molar-refractivity contribution in [3.8, 4) is 0 Å². The van der Waals surface area contributed by atoms with Crippen molar-refractivity contribution >= 4 is 44.4 Å². The minimum Gasteiger partial charge on any atom is -0.345 e. The van der Waals surface area contributed by atoms with E-state index < -0.39 is 0 Å². The van der Waals surface area contributed by atoms with Gasteiger partial charge in [-0.2, -0.15) is 11.8 Å². The van der Waals surface area contributed by atoms with E-state index in [4.69, 9.17) is 4.98 Å². The van der Waals surface area contributed by atoms with Gasteiger partial charge in [-0.25, -0.2) is 4.98 Å². The van der Waals surface area contributed by atoms with E-state index in [0.29, 0.717) is 12.3 Å². The number of thioether (sulfide) groups is 1. The quantitative estimate of drug-likeness (QED) is 0.470. The molecular weight excluding hydrogens is 410 g/mol. The van der Waals surface area contributed by atoms with Crippen molar-refractivity contribution in [1.29, 1.82) is 0 Å². The van der Waals surface area contributed by atoms with Gasteiger partial charge in [0.25, 0.3) is 0 Å². The number of nitrogens with zero attached hydrogens (tertiary/aromatic N) is 3. The number of carbonyl (C=O) groups is 1. The fourth-order valence-electron chi connectivity index (χ4n) is 3.90. The molecule has 158 valence electrons. The topological polar surface area (TPSA) is 36.4 Å². The standard InChI is InChI=1S/C24H29N3OS2/c1-18-15-19(2)23-21(16-18)25-24(30-23)27-12-10-26(11-13-27)22(28)9-6-14-29-17-20-7-4-3-5-8-20/h3-5,7-8,15-16H,6,9-14,17H2,1-2H3. The molecule has 1 fully saturated rings. The van der Waals surface area contributed by atoms with Crippen molar-refractivity contribution in [3.63, 3.8) is 0 Å². The first-order valence-electron chi connectivity index (χ1n) is 10.6. The van der Waals surface area contributed by atoms with Crippen LogP contribution in [-0.2, 0) is 10.5 Å². The largest absolute Gasteiger partial charge is 0.345 e. The highest BCUT2D eigenvalue weighted by Gasteiger charge is 2.23. The summed E-state index contributed by atoms with van der Waals surface area (Å²) in [7, 11) is 0. The van der Waals surface area contributed by atoms with E-state index in [1.165, 1.54) is 21.4 Å². The Kier molecular flexibility index (Phi) is 6.95. The summed E-state index contributed by atoms with van der Waals surface area (Å²) in [6, 6.07) is 14.9. The highest BCUT2D eigenvalue weighted by molar-refractivity contribution is 7.98. The molecule has 2 aromatic carbocycles. The normalized spacial score (nSPS) is 14.5. The maximum atomic E-state index is 12.6. The van der Waals surface area contributed by atoms with E-state index in [-0.39, 0.29) is 0 Å². The van der Waals surface area contributed by atoms with Crippen LogP contribution in [0.15, 0.2) is 42.5 Å². The first kappa shape index (κ1) is 21.2. The number of anilines is 1. The molecule has 1 aromatic heterocycles. The van der Waals surface area contributed by atoms with Gasteiger partial charge in [0.05, 0.1) is 10.2 Å². The molecule has 2 heterocycles. The Balaban J connectivity index is 1.21. The maximum absolute atomic E-state index is 12.6. The smallest absolute Gasteiger partial charge is 0.222 e. The van der Waals surface area contributed by atoms with Gasteiger partial charge in [0, 0.05) is 38.4 Å². The van der Waals surface area contributed by atoms with Gasteiger partial charge in [0.2, 0.25) is 5.91 Å². The van der Waals surface area contributed by atoms with Crippen LogP contribution in [-0.4, -0.2) is 47.7 Å². The summed E-state index contributed by atoms with van der Waals surface area (Å²) >= 11 is 3.69. The third-order valence-electron chi connectivity index (χ3n) is 5.50. The summed E-state index contributed by atoms with van der Waals surface area (Å²) in [6.45, 7) is 7.61. The minimum atomic E-state index is 0.297. The van der Waals surface area contributed by atoms with Gasteiger partial charge in [0.15, 0.2) is 5.13 Å². The average molecular weight is 440 g/mol. The predicted molar refractivity (Wildman–Crippen MR) is 130 cm³/mol. The molecule has 0 saturated carbocycles. The lowest BCUT2D eigenvalue weighted by Gasteiger charge is -2.34. The van der Waals surface area contributed by atoms with Gasteiger partial charge in [-0.3, -0.25) is 4.79 Å². The summed E-state index contributed by atoms with van der Waals surface area (Å²) in [6.07, 6.45) is 1.61. The van der Waals surface area contributed by atoms with Crippen LogP contribution in [0.5, 0.6) is 0 Å². The second kappa shape index (κ2) is 9.84. The first-order chi connectivity index (χ1) is 14.6. The van der Waals surface area contributed by atoms with Crippen LogP contribution in [0.2, 0.25) is 0 Å². The number of aromatic nitrogens is 1. The lowest BCUT2D eigenvalue weighted by molar-refractivity contribution is -0.131. The summed E-state index contributed by atoms with van der Waals surface area (Å²) in [5, 5.41) is 1.09. The molecule has 1 amide bonds. The van der Waals surface area contributed by atoms with E-state index in [0.717, 1.165) is 54.8 Å². The van der Waals surface area contributed by atoms with Crippen molar-refractivity contribution < 1.29 is 4.79 Å². The summed E-state index contributed by atoms with van der Waals surface area (Å²) in [5.41, 5.74) is 5.01. The highest BCUT2D eigenvalue weighted by Crippen LogP contribution is 2.32. The molecular formula is C24H29N3OS2. The number of hydrogen-bond donors (Lipinski definition) is 0. The van der Waals surface area contributed by atoms with Gasteiger partial charge in [0.1, 0.15) is 0 Å². The molecule has 1 saturated heterocycles. The molecule has 6 heteroatoms. The van der Waals surface area contributed by atoms with E-state index in [2.05, 4.69) is 55.1 Å². The molecule has 0 atom stereocenters. The zero-order valence-electron chi connectivity index (χ0n) is 17.8. The molecule has 0 spiro atoms. The third-order valence-corrected chi connectivity index (χ3v) is 7.88. The van der Waals surface area contributed by atoms with Crippen LogP contribution in [0.25, 0.3) is 10.2 Å². The molecule has 1 aliphatic heterocycles. The second-order valence-corrected chi connectivity index (χ2v) is 10.0. The monoisotopic (exact) mass is 439 g/mol. The number of rotatable bonds is 7. The fraction of sp³-hybridized carbons (Fsp3) is 0.417. The number of piperazine rings is 1. The average Bonchev–Trinajstić information content (AvgIpc) is 3.19. The van der Waals surface area contributed by atoms with Crippen molar-refractivity contribution in [2.75, 3.05) is 36.8 Å². The van der Waals surface area contributed by atoms with Crippen LogP contribution in [0.3, 0.4) is 0 Å². The Morgan fingerprint density at radius 3 is 2.63 bits per heavy atom. The second-order valence-electron chi connectivity index (χ2n) is 7.94. The molecule has 4 nitrogen and oxygen atoms in total. The molecule has 1 aliphatic rings. The lowest BCUT2D eigenvalue weighted by atomic mass is 10.1.